The highest BCUT2D eigenvalue weighted by molar-refractivity contribution is 5.81. The quantitative estimate of drug-likeness (QED) is 0.527. The van der Waals surface area contributed by atoms with Crippen molar-refractivity contribution in [2.75, 3.05) is 6.67 Å². The number of hydrogen-bond donors (Lipinski definition) is 3. The highest BCUT2D eigenvalue weighted by atomic mass is 16.2. The van der Waals surface area contributed by atoms with Gasteiger partial charge in [0.1, 0.15) is 0 Å². The van der Waals surface area contributed by atoms with Crippen LogP contribution in [0, 0.1) is 17.8 Å². The van der Waals surface area contributed by atoms with E-state index in [9.17, 15) is 14.4 Å². The lowest BCUT2D eigenvalue weighted by atomic mass is 9.94. The molecule has 0 saturated carbocycles. The van der Waals surface area contributed by atoms with E-state index in [-0.39, 0.29) is 42.1 Å². The van der Waals surface area contributed by atoms with Crippen LogP contribution in [0.4, 0.5) is 0 Å². The normalized spacial score (nSPS) is 14.9. The second-order valence-electron chi connectivity index (χ2n) is 5.55. The maximum Gasteiger partial charge on any atom is 0.224 e. The summed E-state index contributed by atoms with van der Waals surface area (Å²) in [7, 11) is 0. The van der Waals surface area contributed by atoms with E-state index in [1.807, 2.05) is 20.8 Å². The van der Waals surface area contributed by atoms with Gasteiger partial charge < -0.3 is 16.4 Å². The molecule has 0 bridgehead atoms. The molecule has 0 aromatic carbocycles. The van der Waals surface area contributed by atoms with Crippen LogP contribution in [-0.2, 0) is 14.4 Å². The third-order valence-electron chi connectivity index (χ3n) is 3.88. The van der Waals surface area contributed by atoms with Crippen molar-refractivity contribution < 1.29 is 14.4 Å². The minimum Gasteiger partial charge on any atom is -0.369 e. The summed E-state index contributed by atoms with van der Waals surface area (Å²) in [5, 5.41) is 5.34. The monoisotopic (exact) mass is 299 g/mol. The van der Waals surface area contributed by atoms with Gasteiger partial charge in [0.2, 0.25) is 17.7 Å². The molecular weight excluding hydrogens is 270 g/mol. The van der Waals surface area contributed by atoms with Crippen LogP contribution in [-0.4, -0.2) is 24.4 Å². The Labute approximate surface area is 127 Å². The number of carbonyl (C=O) groups is 3. The minimum atomic E-state index is -0.314. The molecule has 0 rings (SSSR count). The van der Waals surface area contributed by atoms with Crippen LogP contribution in [0.2, 0.25) is 0 Å². The lowest BCUT2D eigenvalue weighted by Crippen LogP contribution is -2.41. The van der Waals surface area contributed by atoms with Crippen LogP contribution in [0.25, 0.3) is 0 Å². The summed E-state index contributed by atoms with van der Waals surface area (Å²) in [4.78, 5) is 34.5. The molecule has 0 heterocycles. The molecule has 4 N–H and O–H groups in total. The third-order valence-corrected chi connectivity index (χ3v) is 3.88. The molecule has 21 heavy (non-hydrogen) atoms. The number of hydrogen-bond acceptors (Lipinski definition) is 3. The predicted molar refractivity (Wildman–Crippen MR) is 82.0 cm³/mol. The van der Waals surface area contributed by atoms with E-state index in [4.69, 9.17) is 5.73 Å². The van der Waals surface area contributed by atoms with E-state index in [2.05, 4.69) is 10.6 Å². The molecule has 3 amide bonds. The van der Waals surface area contributed by atoms with Crippen molar-refractivity contribution in [2.45, 2.75) is 53.4 Å². The fourth-order valence-electron chi connectivity index (χ4n) is 1.88. The number of nitrogens with one attached hydrogen (secondary N) is 2. The second-order valence-corrected chi connectivity index (χ2v) is 5.55. The summed E-state index contributed by atoms with van der Waals surface area (Å²) in [6.45, 7) is 7.63. The van der Waals surface area contributed by atoms with Crippen LogP contribution in [0.15, 0.2) is 0 Å². The van der Waals surface area contributed by atoms with Gasteiger partial charge in [-0.2, -0.15) is 0 Å². The zero-order valence-corrected chi connectivity index (χ0v) is 13.6. The lowest BCUT2D eigenvalue weighted by molar-refractivity contribution is -0.127. The van der Waals surface area contributed by atoms with Crippen LogP contribution in [0.1, 0.15) is 53.4 Å². The Morgan fingerprint density at radius 2 is 1.43 bits per heavy atom. The molecule has 0 aromatic heterocycles. The molecule has 6 nitrogen and oxygen atoms in total. The highest BCUT2D eigenvalue weighted by Crippen LogP contribution is 2.15. The van der Waals surface area contributed by atoms with Gasteiger partial charge in [0.15, 0.2) is 0 Å². The average Bonchev–Trinajstić information content (AvgIpc) is 2.45. The molecule has 6 heteroatoms. The Kier molecular flexibility index (Phi) is 9.41. The zero-order chi connectivity index (χ0) is 16.4. The van der Waals surface area contributed by atoms with Gasteiger partial charge >= 0.3 is 0 Å². The smallest absolute Gasteiger partial charge is 0.224 e. The molecule has 0 aliphatic rings. The topological polar surface area (TPSA) is 101 Å². The van der Waals surface area contributed by atoms with Crippen molar-refractivity contribution in [3.05, 3.63) is 0 Å². The van der Waals surface area contributed by atoms with Crippen molar-refractivity contribution in [1.82, 2.24) is 10.6 Å². The molecule has 0 spiro atoms. The van der Waals surface area contributed by atoms with E-state index < -0.39 is 0 Å². The standard InChI is InChI=1S/C15H29N3O3/c1-5-10(3)14(20)17-9-18-15(21)11(4)7-8-12(6-2)13(16)19/h10-12H,5-9H2,1-4H3,(H2,16,19)(H,17,20)(H,18,21). The number of nitrogens with two attached hydrogens (primary N) is 1. The fraction of sp³-hybridized carbons (Fsp3) is 0.800. The molecule has 0 aliphatic heterocycles. The molecule has 3 atom stereocenters. The Morgan fingerprint density at radius 1 is 0.905 bits per heavy atom. The fourth-order valence-corrected chi connectivity index (χ4v) is 1.88. The van der Waals surface area contributed by atoms with Gasteiger partial charge in [0.05, 0.1) is 6.67 Å². The van der Waals surface area contributed by atoms with E-state index in [0.717, 1.165) is 6.42 Å². The third kappa shape index (κ3) is 7.68. The highest BCUT2D eigenvalue weighted by Gasteiger charge is 2.18. The van der Waals surface area contributed by atoms with Crippen molar-refractivity contribution in [3.8, 4) is 0 Å². The minimum absolute atomic E-state index is 0.0554. The summed E-state index contributed by atoms with van der Waals surface area (Å²) < 4.78 is 0. The van der Waals surface area contributed by atoms with Crippen molar-refractivity contribution in [1.29, 1.82) is 0 Å². The van der Waals surface area contributed by atoms with Gasteiger partial charge in [-0.15, -0.1) is 0 Å². The number of amides is 3. The van der Waals surface area contributed by atoms with E-state index in [1.165, 1.54) is 0 Å². The number of carbonyl (C=O) groups excluding carboxylic acids is 3. The van der Waals surface area contributed by atoms with Gasteiger partial charge in [0, 0.05) is 17.8 Å². The van der Waals surface area contributed by atoms with E-state index in [1.54, 1.807) is 6.92 Å². The predicted octanol–water partition coefficient (Wildman–Crippen LogP) is 1.15. The molecule has 3 unspecified atom stereocenters. The molecule has 0 aromatic rings. The van der Waals surface area contributed by atoms with Crippen LogP contribution in [0.3, 0.4) is 0 Å². The Morgan fingerprint density at radius 3 is 1.86 bits per heavy atom. The maximum absolute atomic E-state index is 11.9. The van der Waals surface area contributed by atoms with Gasteiger partial charge in [-0.25, -0.2) is 0 Å². The number of rotatable bonds is 10. The van der Waals surface area contributed by atoms with Crippen LogP contribution < -0.4 is 16.4 Å². The zero-order valence-electron chi connectivity index (χ0n) is 13.6. The van der Waals surface area contributed by atoms with E-state index >= 15 is 0 Å². The molecule has 0 fully saturated rings. The average molecular weight is 299 g/mol. The van der Waals surface area contributed by atoms with Crippen LogP contribution >= 0.6 is 0 Å². The van der Waals surface area contributed by atoms with Crippen LogP contribution in [0.5, 0.6) is 0 Å². The van der Waals surface area contributed by atoms with Crippen molar-refractivity contribution in [3.63, 3.8) is 0 Å². The summed E-state index contributed by atoms with van der Waals surface area (Å²) in [6.07, 6.45) is 2.67. The molecule has 122 valence electrons. The maximum atomic E-state index is 11.9. The van der Waals surface area contributed by atoms with Crippen molar-refractivity contribution in [2.24, 2.45) is 23.5 Å². The largest absolute Gasteiger partial charge is 0.369 e. The molecule has 0 aliphatic carbocycles. The van der Waals surface area contributed by atoms with Gasteiger partial charge in [-0.05, 0) is 25.7 Å². The Hall–Kier alpha value is -1.59. The summed E-state index contributed by atoms with van der Waals surface area (Å²) in [5.41, 5.74) is 5.28. The summed E-state index contributed by atoms with van der Waals surface area (Å²) in [5.74, 6) is -0.945. The van der Waals surface area contributed by atoms with Gasteiger partial charge in [0.25, 0.3) is 0 Å². The molecule has 0 radical (unpaired) electrons. The second kappa shape index (κ2) is 10.2. The molecular formula is C15H29N3O3. The van der Waals surface area contributed by atoms with Crippen molar-refractivity contribution >= 4 is 17.7 Å². The Bertz CT molecular complexity index is 358. The Balaban J connectivity index is 4.00. The van der Waals surface area contributed by atoms with E-state index in [0.29, 0.717) is 19.3 Å². The van der Waals surface area contributed by atoms with Gasteiger partial charge in [-0.3, -0.25) is 14.4 Å². The first-order valence-electron chi connectivity index (χ1n) is 7.68. The first-order valence-corrected chi connectivity index (χ1v) is 7.68. The first-order chi connectivity index (χ1) is 9.83. The SMILES string of the molecule is CCC(C)C(=O)NCNC(=O)C(C)CCC(CC)C(N)=O. The lowest BCUT2D eigenvalue weighted by Gasteiger charge is -2.16. The molecule has 0 saturated heterocycles. The summed E-state index contributed by atoms with van der Waals surface area (Å²) in [6, 6.07) is 0. The van der Waals surface area contributed by atoms with Gasteiger partial charge in [-0.1, -0.05) is 27.7 Å². The summed E-state index contributed by atoms with van der Waals surface area (Å²) >= 11 is 0. The number of primary amides is 1. The first kappa shape index (κ1) is 19.4.